The van der Waals surface area contributed by atoms with Crippen LogP contribution in [0, 0.1) is 17.1 Å². The Morgan fingerprint density at radius 3 is 2.42 bits per heavy atom. The molecule has 0 aliphatic rings. The molecule has 3 rings (SSSR count). The van der Waals surface area contributed by atoms with Gasteiger partial charge in [-0.2, -0.15) is 5.26 Å². The lowest BCUT2D eigenvalue weighted by Crippen LogP contribution is -2.14. The van der Waals surface area contributed by atoms with Crippen LogP contribution in [0.5, 0.6) is 0 Å². The molecule has 3 nitrogen and oxygen atoms in total. The number of carbonyl (C=O) groups is 1. The lowest BCUT2D eigenvalue weighted by atomic mass is 10.1. The molecule has 0 fully saturated rings. The highest BCUT2D eigenvalue weighted by Gasteiger charge is 2.13. The van der Waals surface area contributed by atoms with Crippen molar-refractivity contribution in [3.63, 3.8) is 0 Å². The van der Waals surface area contributed by atoms with Crippen LogP contribution in [0.4, 0.5) is 10.1 Å². The second-order valence-electron chi connectivity index (χ2n) is 5.21. The summed E-state index contributed by atoms with van der Waals surface area (Å²) in [7, 11) is 0. The summed E-state index contributed by atoms with van der Waals surface area (Å²) in [6.45, 7) is 0. The molecule has 0 aromatic heterocycles. The predicted molar refractivity (Wildman–Crippen MR) is 90.9 cm³/mol. The molecule has 0 heterocycles. The number of nitrogens with one attached hydrogen (secondary N) is 1. The van der Waals surface area contributed by atoms with Crippen molar-refractivity contribution in [3.8, 4) is 17.2 Å². The third kappa shape index (κ3) is 3.31. The Kier molecular flexibility index (Phi) is 4.35. The third-order valence-electron chi connectivity index (χ3n) is 3.57. The first-order valence-electron chi connectivity index (χ1n) is 7.34. The number of hydrogen-bond donors (Lipinski definition) is 1. The molecule has 0 bridgehead atoms. The van der Waals surface area contributed by atoms with Gasteiger partial charge in [-0.1, -0.05) is 42.5 Å². The van der Waals surface area contributed by atoms with Crippen LogP contribution in [-0.2, 0) is 0 Å². The summed E-state index contributed by atoms with van der Waals surface area (Å²) >= 11 is 0. The van der Waals surface area contributed by atoms with Crippen LogP contribution < -0.4 is 5.32 Å². The standard InChI is InChI=1S/C20H13FN2O/c21-19-10-9-14(13-22)11-18(19)20(24)23-17-8-4-7-16(12-17)15-5-2-1-3-6-15/h1-12H,(H,23,24). The van der Waals surface area contributed by atoms with Crippen molar-refractivity contribution < 1.29 is 9.18 Å². The number of rotatable bonds is 3. The number of carbonyl (C=O) groups excluding carboxylic acids is 1. The lowest BCUT2D eigenvalue weighted by molar-refractivity contribution is 0.102. The summed E-state index contributed by atoms with van der Waals surface area (Å²) in [4.78, 5) is 12.3. The summed E-state index contributed by atoms with van der Waals surface area (Å²) in [5.41, 5.74) is 2.60. The fourth-order valence-corrected chi connectivity index (χ4v) is 2.37. The van der Waals surface area contributed by atoms with Gasteiger partial charge in [0.25, 0.3) is 5.91 Å². The van der Waals surface area contributed by atoms with Crippen molar-refractivity contribution >= 4 is 11.6 Å². The van der Waals surface area contributed by atoms with Crippen molar-refractivity contribution in [2.24, 2.45) is 0 Å². The van der Waals surface area contributed by atoms with Crippen molar-refractivity contribution in [3.05, 3.63) is 89.7 Å². The molecule has 1 amide bonds. The van der Waals surface area contributed by atoms with E-state index in [9.17, 15) is 9.18 Å². The molecule has 3 aromatic carbocycles. The monoisotopic (exact) mass is 316 g/mol. The first-order chi connectivity index (χ1) is 11.7. The van der Waals surface area contributed by atoms with Gasteiger partial charge in [0, 0.05) is 5.69 Å². The second kappa shape index (κ2) is 6.76. The second-order valence-corrected chi connectivity index (χ2v) is 5.21. The van der Waals surface area contributed by atoms with E-state index in [2.05, 4.69) is 5.32 Å². The average Bonchev–Trinajstić information content (AvgIpc) is 2.63. The van der Waals surface area contributed by atoms with Gasteiger partial charge in [-0.05, 0) is 41.5 Å². The van der Waals surface area contributed by atoms with Gasteiger partial charge in [0.2, 0.25) is 0 Å². The Balaban J connectivity index is 1.87. The molecular weight excluding hydrogens is 303 g/mol. The fourth-order valence-electron chi connectivity index (χ4n) is 2.37. The highest BCUT2D eigenvalue weighted by molar-refractivity contribution is 6.04. The quantitative estimate of drug-likeness (QED) is 0.766. The molecule has 0 saturated carbocycles. The maximum atomic E-state index is 13.8. The van der Waals surface area contributed by atoms with E-state index in [1.807, 2.05) is 54.6 Å². The minimum absolute atomic E-state index is 0.154. The summed E-state index contributed by atoms with van der Waals surface area (Å²) in [6, 6.07) is 22.6. The summed E-state index contributed by atoms with van der Waals surface area (Å²) in [5.74, 6) is -1.25. The summed E-state index contributed by atoms with van der Waals surface area (Å²) in [5, 5.41) is 11.6. The minimum atomic E-state index is -0.661. The van der Waals surface area contributed by atoms with Crippen LogP contribution in [0.3, 0.4) is 0 Å². The molecule has 4 heteroatoms. The molecule has 0 spiro atoms. The minimum Gasteiger partial charge on any atom is -0.322 e. The molecule has 0 unspecified atom stereocenters. The molecule has 0 atom stereocenters. The largest absolute Gasteiger partial charge is 0.322 e. The van der Waals surface area contributed by atoms with E-state index in [-0.39, 0.29) is 11.1 Å². The molecule has 0 radical (unpaired) electrons. The zero-order valence-electron chi connectivity index (χ0n) is 12.7. The van der Waals surface area contributed by atoms with Gasteiger partial charge in [0.1, 0.15) is 5.82 Å². The molecular formula is C20H13FN2O. The van der Waals surface area contributed by atoms with Gasteiger partial charge < -0.3 is 5.32 Å². The van der Waals surface area contributed by atoms with Gasteiger partial charge in [-0.15, -0.1) is 0 Å². The van der Waals surface area contributed by atoms with E-state index in [1.165, 1.54) is 12.1 Å². The lowest BCUT2D eigenvalue weighted by Gasteiger charge is -2.08. The number of nitriles is 1. The highest BCUT2D eigenvalue weighted by Crippen LogP contribution is 2.23. The van der Waals surface area contributed by atoms with Crippen LogP contribution in [0.15, 0.2) is 72.8 Å². The van der Waals surface area contributed by atoms with E-state index >= 15 is 0 Å². The molecule has 0 aliphatic heterocycles. The van der Waals surface area contributed by atoms with E-state index < -0.39 is 11.7 Å². The van der Waals surface area contributed by atoms with Gasteiger partial charge in [0.05, 0.1) is 17.2 Å². The van der Waals surface area contributed by atoms with Crippen LogP contribution in [0.1, 0.15) is 15.9 Å². The van der Waals surface area contributed by atoms with Crippen molar-refractivity contribution in [2.45, 2.75) is 0 Å². The Hall–Kier alpha value is -3.45. The van der Waals surface area contributed by atoms with Gasteiger partial charge in [-0.25, -0.2) is 4.39 Å². The van der Waals surface area contributed by atoms with Crippen LogP contribution in [0.2, 0.25) is 0 Å². The smallest absolute Gasteiger partial charge is 0.258 e. The van der Waals surface area contributed by atoms with Crippen molar-refractivity contribution in [2.75, 3.05) is 5.32 Å². The van der Waals surface area contributed by atoms with Crippen LogP contribution in [-0.4, -0.2) is 5.91 Å². The zero-order valence-corrected chi connectivity index (χ0v) is 12.7. The van der Waals surface area contributed by atoms with Crippen LogP contribution in [0.25, 0.3) is 11.1 Å². The van der Waals surface area contributed by atoms with E-state index in [1.54, 1.807) is 6.07 Å². The first kappa shape index (κ1) is 15.4. The van der Waals surface area contributed by atoms with Crippen molar-refractivity contribution in [1.82, 2.24) is 0 Å². The van der Waals surface area contributed by atoms with Gasteiger partial charge in [-0.3, -0.25) is 4.79 Å². The Morgan fingerprint density at radius 1 is 0.917 bits per heavy atom. The number of anilines is 1. The number of hydrogen-bond acceptors (Lipinski definition) is 2. The van der Waals surface area contributed by atoms with Crippen LogP contribution >= 0.6 is 0 Å². The van der Waals surface area contributed by atoms with E-state index in [0.717, 1.165) is 17.2 Å². The summed E-state index contributed by atoms with van der Waals surface area (Å²) < 4.78 is 13.8. The molecule has 24 heavy (non-hydrogen) atoms. The number of amides is 1. The maximum absolute atomic E-state index is 13.8. The van der Waals surface area contributed by atoms with E-state index in [0.29, 0.717) is 5.69 Å². The Morgan fingerprint density at radius 2 is 1.67 bits per heavy atom. The molecule has 0 saturated heterocycles. The number of nitrogens with zero attached hydrogens (tertiary/aromatic N) is 1. The molecule has 1 N–H and O–H groups in total. The zero-order chi connectivity index (χ0) is 16.9. The third-order valence-corrected chi connectivity index (χ3v) is 3.57. The Labute approximate surface area is 139 Å². The summed E-state index contributed by atoms with van der Waals surface area (Å²) in [6.07, 6.45) is 0. The molecule has 0 aliphatic carbocycles. The number of halogens is 1. The highest BCUT2D eigenvalue weighted by atomic mass is 19.1. The fraction of sp³-hybridized carbons (Fsp3) is 0. The van der Waals surface area contributed by atoms with Gasteiger partial charge in [0.15, 0.2) is 0 Å². The Bertz CT molecular complexity index is 930. The number of benzene rings is 3. The normalized spacial score (nSPS) is 10.0. The maximum Gasteiger partial charge on any atom is 0.258 e. The first-order valence-corrected chi connectivity index (χ1v) is 7.34. The van der Waals surface area contributed by atoms with E-state index in [4.69, 9.17) is 5.26 Å². The van der Waals surface area contributed by atoms with Crippen molar-refractivity contribution in [1.29, 1.82) is 5.26 Å². The molecule has 3 aromatic rings. The predicted octanol–water partition coefficient (Wildman–Crippen LogP) is 4.62. The van der Waals surface area contributed by atoms with Gasteiger partial charge >= 0.3 is 0 Å². The topological polar surface area (TPSA) is 52.9 Å². The SMILES string of the molecule is N#Cc1ccc(F)c(C(=O)Nc2cccc(-c3ccccc3)c2)c1. The molecule has 116 valence electrons. The average molecular weight is 316 g/mol.